The number of carboxylic acids is 2. The lowest BCUT2D eigenvalue weighted by molar-refractivity contribution is -0.175. The van der Waals surface area contributed by atoms with Crippen molar-refractivity contribution in [2.45, 2.75) is 201 Å². The molecule has 7 fully saturated rings. The number of carbonyl (C=O) groups excluding carboxylic acids is 2. The highest BCUT2D eigenvalue weighted by molar-refractivity contribution is 14.1. The fourth-order valence-corrected chi connectivity index (χ4v) is 16.1. The smallest absolute Gasteiger partial charge is 0.494 e. The number of aliphatic hydroxyl groups is 2. The average Bonchev–Trinajstić information content (AvgIpc) is 1.47. The summed E-state index contributed by atoms with van der Waals surface area (Å²) in [6, 6.07) is 15.1. The van der Waals surface area contributed by atoms with E-state index in [9.17, 15) is 39.6 Å². The molecule has 2 amide bonds. The number of carboxylic acid groups (broad SMARTS) is 2. The topological polar surface area (TPSA) is 357 Å². The molecule has 28 heteroatoms. The van der Waals surface area contributed by atoms with Crippen molar-refractivity contribution in [2.75, 3.05) is 58.7 Å². The number of benzene rings is 3. The zero-order valence-electron chi connectivity index (χ0n) is 62.0. The number of para-hydroxylation sites is 1. The Bertz CT molecular complexity index is 3560. The second-order valence-corrected chi connectivity index (χ2v) is 31.3. The number of carbonyl (C=O) groups is 4. The van der Waals surface area contributed by atoms with E-state index in [-0.39, 0.29) is 48.1 Å². The molecule has 0 radical (unpaired) electrons. The van der Waals surface area contributed by atoms with E-state index < -0.39 is 78.6 Å². The number of anilines is 2. The van der Waals surface area contributed by atoms with Crippen LogP contribution in [-0.4, -0.2) is 165 Å². The van der Waals surface area contributed by atoms with Crippen molar-refractivity contribution in [3.63, 3.8) is 0 Å². The van der Waals surface area contributed by atoms with Crippen LogP contribution in [0.2, 0.25) is 0 Å². The van der Waals surface area contributed by atoms with Crippen LogP contribution in [0, 0.1) is 56.3 Å². The van der Waals surface area contributed by atoms with Gasteiger partial charge in [-0.3, -0.25) is 19.3 Å². The fraction of sp³-hybridized carbons (Fsp3) is 0.644. The van der Waals surface area contributed by atoms with Gasteiger partial charge in [-0.25, -0.2) is 9.59 Å². The molecule has 3 aromatic carbocycles. The van der Waals surface area contributed by atoms with E-state index in [1.807, 2.05) is 83.9 Å². The number of ether oxygens (including phenoxy) is 2. The molecule has 0 aromatic heterocycles. The van der Waals surface area contributed by atoms with Gasteiger partial charge in [-0.2, -0.15) is 10.5 Å². The number of hydrogen-bond donors (Lipinski definition) is 8. The fourth-order valence-electron chi connectivity index (χ4n) is 15.4. The van der Waals surface area contributed by atoms with Crippen LogP contribution in [0.4, 0.5) is 11.4 Å². The van der Waals surface area contributed by atoms with Gasteiger partial charge in [-0.05, 0) is 227 Å². The number of aromatic carboxylic acids is 2. The van der Waals surface area contributed by atoms with Crippen LogP contribution in [0.5, 0.6) is 5.75 Å². The second-order valence-electron chi connectivity index (χ2n) is 30.2. The maximum absolute atomic E-state index is 13.8. The molecule has 15 atom stereocenters. The molecule has 8 aliphatic rings. The molecule has 0 unspecified atom stereocenters. The first-order valence-electron chi connectivity index (χ1n) is 35.1. The predicted octanol–water partition coefficient (Wildman–Crippen LogP) is 11.7. The first kappa shape index (κ1) is 81.6. The van der Waals surface area contributed by atoms with Crippen LogP contribution in [0.1, 0.15) is 167 Å². The van der Waals surface area contributed by atoms with Gasteiger partial charge in [0.25, 0.3) is 0 Å². The number of allylic oxidation sites excluding steroid dienone is 3. The van der Waals surface area contributed by atoms with E-state index in [0.29, 0.717) is 47.5 Å². The molecule has 554 valence electrons. The second kappa shape index (κ2) is 35.2. The Kier molecular flexibility index (Phi) is 28.4. The molecular formula is C73H108BIN12O14. The Morgan fingerprint density at radius 3 is 2.00 bits per heavy atom. The molecule has 5 aliphatic carbocycles. The van der Waals surface area contributed by atoms with Gasteiger partial charge in [-0.15, -0.1) is 0 Å². The number of fused-ring (bicyclic) bond motifs is 2. The molecule has 2 bridgehead atoms. The van der Waals surface area contributed by atoms with Crippen molar-refractivity contribution < 1.29 is 68.1 Å². The third-order valence-corrected chi connectivity index (χ3v) is 23.2. The van der Waals surface area contributed by atoms with Crippen molar-refractivity contribution in [1.29, 1.82) is 0 Å². The van der Waals surface area contributed by atoms with Gasteiger partial charge in [0.2, 0.25) is 11.8 Å². The highest BCUT2D eigenvalue weighted by Gasteiger charge is 2.58. The van der Waals surface area contributed by atoms with E-state index in [1.165, 1.54) is 12.8 Å². The van der Waals surface area contributed by atoms with Crippen LogP contribution >= 0.6 is 22.6 Å². The summed E-state index contributed by atoms with van der Waals surface area (Å²) in [5.74, 6) is 1.65. The standard InChI is InChI=1S/C25H36IN5O4.C17H31N5O3.C16H19NO3.C15H22BNO4/c1-13-17-9-16(25(17,3)4)10-19(13)29-24(33)22-21(14(2)32)20(11-28-30-27)35-31(22)12-15-7-6-8-18(26)23(15)34-5;1-9(2)12-6-5-10(3)13(7-12)20-17(24)16-15(11(4)23)14(25-21-16)8-19-22-18;1-10-5-4-6-14(15(10)20-3)11-7-12(16(18)19)9-13(8-11)17-2;1-14(2)15(3,4)21-16(20-14)11-7-10(13(18)19)8-12(9-11)17(5)6/h6-8,13-14,16-17,19-22,32H,9-12H2,1-5H3,(H,29,33);9-16,21,23H,5-8H2,1-4H3,(H,20,24);5,7-9,17H,4,6H2,1-3H3,(H,18,19);7-9H,1-6H3,(H,18,19)/t13-,14-,16+,17-,19-,20-,21+,22-;10-,11-,12+,13-,14-,15+,16-;;/m00../s1. The average molecular weight is 1520 g/mol. The zero-order valence-corrected chi connectivity index (χ0v) is 64.1. The normalized spacial score (nSPS) is 28.0. The Morgan fingerprint density at radius 1 is 0.822 bits per heavy atom. The highest BCUT2D eigenvalue weighted by Crippen LogP contribution is 2.61. The lowest BCUT2D eigenvalue weighted by Crippen LogP contribution is -2.62. The number of aliphatic hydroxyl groups excluding tert-OH is 2. The van der Waals surface area contributed by atoms with Gasteiger partial charge in [0.05, 0.1) is 84.2 Å². The predicted molar refractivity (Wildman–Crippen MR) is 398 cm³/mol. The molecule has 3 heterocycles. The van der Waals surface area contributed by atoms with Gasteiger partial charge >= 0.3 is 19.1 Å². The van der Waals surface area contributed by atoms with E-state index in [1.54, 1.807) is 64.4 Å². The summed E-state index contributed by atoms with van der Waals surface area (Å²) in [5, 5.41) is 57.6. The summed E-state index contributed by atoms with van der Waals surface area (Å²) in [5.41, 5.74) is 26.3. The molecular weight excluding hydrogens is 1410 g/mol. The third kappa shape index (κ3) is 19.4. The molecule has 26 nitrogen and oxygen atoms in total. The molecule has 3 saturated heterocycles. The summed E-state index contributed by atoms with van der Waals surface area (Å²) in [7, 11) is 8.23. The lowest BCUT2D eigenvalue weighted by Gasteiger charge is -2.62. The summed E-state index contributed by atoms with van der Waals surface area (Å²) in [6.45, 7) is 27.2. The van der Waals surface area contributed by atoms with Crippen molar-refractivity contribution in [1.82, 2.24) is 21.2 Å². The summed E-state index contributed by atoms with van der Waals surface area (Å²) < 4.78 is 24.0. The summed E-state index contributed by atoms with van der Waals surface area (Å²) in [4.78, 5) is 68.2. The number of amides is 2. The van der Waals surface area contributed by atoms with Crippen molar-refractivity contribution >= 4 is 75.9 Å². The van der Waals surface area contributed by atoms with E-state index >= 15 is 0 Å². The monoisotopic (exact) mass is 1510 g/mol. The number of nitrogens with zero attached hydrogens (tertiary/aromatic N) is 8. The summed E-state index contributed by atoms with van der Waals surface area (Å²) in [6.07, 6.45) is 6.75. The van der Waals surface area contributed by atoms with E-state index in [2.05, 4.69) is 112 Å². The molecule has 8 N–H and O–H groups in total. The molecule has 101 heavy (non-hydrogen) atoms. The number of rotatable bonds is 21. The Morgan fingerprint density at radius 2 is 1.45 bits per heavy atom. The maximum Gasteiger partial charge on any atom is 0.494 e. The first-order chi connectivity index (χ1) is 47.5. The zero-order chi connectivity index (χ0) is 74.7. The van der Waals surface area contributed by atoms with Crippen molar-refractivity contribution in [3.05, 3.63) is 119 Å². The third-order valence-electron chi connectivity index (χ3n) is 22.3. The summed E-state index contributed by atoms with van der Waals surface area (Å²) >= 11 is 2.22. The highest BCUT2D eigenvalue weighted by atomic mass is 127. The Balaban J connectivity index is 0.000000194. The largest absolute Gasteiger partial charge is 0.496 e. The molecule has 11 rings (SSSR count). The number of azide groups is 2. The van der Waals surface area contributed by atoms with Crippen LogP contribution in [0.25, 0.3) is 26.5 Å². The SMILES string of the molecule is CC(C)[C@@H]1CC[C@H](C)[C@@H](NC(=O)[C@H]2NO[C@@H](CN=[N+]=[N-])[C@H]2[C@H](C)O)C1.CN(C)c1cc(B2OC(C)(C)C(C)(C)O2)cc(C(=O)O)c1.CNc1cc(C(=O)O)cc(C2=C(OC)C(C)=CCC2)c1.COc1c(I)cccc1CN1O[C@@H](CN=[N+]=[N-])[C@@H]([C@H](C)O)[C@H]1C(=O)N[C@H]1C[C@H]2C[C@@H]([C@@H]1C)C2(C)C. The van der Waals surface area contributed by atoms with Crippen LogP contribution in [-0.2, 0) is 39.9 Å². The van der Waals surface area contributed by atoms with Crippen LogP contribution in [0.15, 0.2) is 82.2 Å². The van der Waals surface area contributed by atoms with Crippen molar-refractivity contribution in [2.24, 2.45) is 63.0 Å². The van der Waals surface area contributed by atoms with Crippen LogP contribution < -0.4 is 36.5 Å². The molecule has 3 aliphatic heterocycles. The minimum Gasteiger partial charge on any atom is -0.496 e. The Labute approximate surface area is 609 Å². The Hall–Kier alpha value is -6.69. The van der Waals surface area contributed by atoms with Crippen molar-refractivity contribution in [3.8, 4) is 5.75 Å². The minimum absolute atomic E-state index is 0.0357. The number of methoxy groups -OCH3 is 2. The van der Waals surface area contributed by atoms with Gasteiger partial charge in [0.1, 0.15) is 23.6 Å². The maximum atomic E-state index is 13.8. The van der Waals surface area contributed by atoms with Gasteiger partial charge in [-0.1, -0.05) is 70.0 Å². The van der Waals surface area contributed by atoms with Gasteiger partial charge in [0.15, 0.2) is 0 Å². The number of hydroxylamine groups is 3. The number of nitrogens with one attached hydrogen (secondary N) is 4. The van der Waals surface area contributed by atoms with Gasteiger partial charge in [0, 0.05) is 77.4 Å². The van der Waals surface area contributed by atoms with Gasteiger partial charge < -0.3 is 60.1 Å². The van der Waals surface area contributed by atoms with Crippen LogP contribution in [0.3, 0.4) is 0 Å². The quantitative estimate of drug-likeness (QED) is 0.0161. The van der Waals surface area contributed by atoms with E-state index in [0.717, 1.165) is 86.3 Å². The van der Waals surface area contributed by atoms with E-state index in [4.69, 9.17) is 39.5 Å². The molecule has 4 saturated carbocycles. The molecule has 0 spiro atoms. The first-order valence-corrected chi connectivity index (χ1v) is 36.2. The minimum atomic E-state index is -0.962. The lowest BCUT2D eigenvalue weighted by atomic mass is 9.45. The number of halogens is 1. The molecule has 3 aromatic rings. The number of hydrogen-bond acceptors (Lipinski definition) is 18.